The lowest BCUT2D eigenvalue weighted by Gasteiger charge is -2.42. The van der Waals surface area contributed by atoms with E-state index in [1.54, 1.807) is 0 Å². The van der Waals surface area contributed by atoms with Crippen LogP contribution in [0.25, 0.3) is 0 Å². The summed E-state index contributed by atoms with van der Waals surface area (Å²) < 4.78 is 0. The van der Waals surface area contributed by atoms with Gasteiger partial charge in [0.2, 0.25) is 0 Å². The van der Waals surface area contributed by atoms with Crippen molar-refractivity contribution >= 4 is 0 Å². The topological polar surface area (TPSA) is 20.2 Å². The van der Waals surface area contributed by atoms with Crippen molar-refractivity contribution in [2.45, 2.75) is 70.8 Å². The van der Waals surface area contributed by atoms with E-state index in [2.05, 4.69) is 52.0 Å². The molecule has 1 saturated carbocycles. The Hall–Kier alpha value is -0.820. The third-order valence-corrected chi connectivity index (χ3v) is 4.73. The van der Waals surface area contributed by atoms with Crippen molar-refractivity contribution in [1.82, 2.24) is 0 Å². The molecule has 0 saturated heterocycles. The standard InChI is InChI=1S/C18H28O/c1-5-14-10-8-9-13-18(14,19)16-12-7-6-11-15(16)17(2,3)4/h6-7,11-12,14,19H,5,8-10,13H2,1-4H3/t14-,18+/m0/s1. The highest BCUT2D eigenvalue weighted by molar-refractivity contribution is 5.38. The molecule has 1 N–H and O–H groups in total. The van der Waals surface area contributed by atoms with E-state index >= 15 is 0 Å². The first-order valence-corrected chi connectivity index (χ1v) is 7.72. The Morgan fingerprint density at radius 2 is 1.89 bits per heavy atom. The molecule has 1 aliphatic rings. The van der Waals surface area contributed by atoms with Gasteiger partial charge in [0.25, 0.3) is 0 Å². The Morgan fingerprint density at radius 1 is 1.21 bits per heavy atom. The van der Waals surface area contributed by atoms with Gasteiger partial charge in [-0.2, -0.15) is 0 Å². The Bertz CT molecular complexity index is 430. The van der Waals surface area contributed by atoms with E-state index in [0.717, 1.165) is 25.7 Å². The van der Waals surface area contributed by atoms with Crippen molar-refractivity contribution in [3.05, 3.63) is 35.4 Å². The molecule has 1 aliphatic carbocycles. The van der Waals surface area contributed by atoms with Crippen LogP contribution in [-0.4, -0.2) is 5.11 Å². The van der Waals surface area contributed by atoms with Crippen LogP contribution in [0.1, 0.15) is 70.9 Å². The summed E-state index contributed by atoms with van der Waals surface area (Å²) in [5.41, 5.74) is 1.95. The van der Waals surface area contributed by atoms with Gasteiger partial charge in [-0.3, -0.25) is 0 Å². The maximum atomic E-state index is 11.3. The van der Waals surface area contributed by atoms with E-state index in [1.165, 1.54) is 17.5 Å². The highest BCUT2D eigenvalue weighted by Crippen LogP contribution is 2.46. The van der Waals surface area contributed by atoms with Gasteiger partial charge in [0.15, 0.2) is 0 Å². The van der Waals surface area contributed by atoms with Crippen LogP contribution in [-0.2, 0) is 11.0 Å². The molecular weight excluding hydrogens is 232 g/mol. The van der Waals surface area contributed by atoms with Gasteiger partial charge < -0.3 is 5.11 Å². The van der Waals surface area contributed by atoms with Crippen LogP contribution in [0.3, 0.4) is 0 Å². The summed E-state index contributed by atoms with van der Waals surface area (Å²) in [4.78, 5) is 0. The van der Waals surface area contributed by atoms with Crippen molar-refractivity contribution in [2.75, 3.05) is 0 Å². The van der Waals surface area contributed by atoms with Gasteiger partial charge in [-0.25, -0.2) is 0 Å². The minimum absolute atomic E-state index is 0.0854. The summed E-state index contributed by atoms with van der Waals surface area (Å²) >= 11 is 0. The molecule has 0 unspecified atom stereocenters. The predicted octanol–water partition coefficient (Wildman–Crippen LogP) is 4.77. The third kappa shape index (κ3) is 2.72. The van der Waals surface area contributed by atoms with E-state index < -0.39 is 5.60 Å². The highest BCUT2D eigenvalue weighted by atomic mass is 16.3. The molecule has 0 heterocycles. The van der Waals surface area contributed by atoms with Crippen LogP contribution in [0, 0.1) is 5.92 Å². The van der Waals surface area contributed by atoms with Gasteiger partial charge in [0.05, 0.1) is 5.60 Å². The summed E-state index contributed by atoms with van der Waals surface area (Å²) in [5, 5.41) is 11.3. The highest BCUT2D eigenvalue weighted by Gasteiger charge is 2.41. The Labute approximate surface area is 118 Å². The van der Waals surface area contributed by atoms with Gasteiger partial charge in [-0.15, -0.1) is 0 Å². The molecule has 1 heteroatoms. The van der Waals surface area contributed by atoms with Gasteiger partial charge in [0.1, 0.15) is 0 Å². The molecule has 0 bridgehead atoms. The molecule has 2 atom stereocenters. The van der Waals surface area contributed by atoms with Crippen LogP contribution in [0.4, 0.5) is 0 Å². The Balaban J connectivity index is 2.50. The van der Waals surface area contributed by atoms with Crippen LogP contribution >= 0.6 is 0 Å². The fourth-order valence-electron chi connectivity index (χ4n) is 3.64. The molecule has 1 aromatic carbocycles. The average Bonchev–Trinajstić information content (AvgIpc) is 2.38. The van der Waals surface area contributed by atoms with Crippen LogP contribution in [0.15, 0.2) is 24.3 Å². The summed E-state index contributed by atoms with van der Waals surface area (Å²) in [5.74, 6) is 0.407. The lowest BCUT2D eigenvalue weighted by molar-refractivity contribution is -0.0569. The molecule has 2 rings (SSSR count). The normalized spacial score (nSPS) is 28.4. The van der Waals surface area contributed by atoms with Gasteiger partial charge >= 0.3 is 0 Å². The second kappa shape index (κ2) is 5.28. The van der Waals surface area contributed by atoms with Gasteiger partial charge in [-0.1, -0.05) is 71.2 Å². The lowest BCUT2D eigenvalue weighted by Crippen LogP contribution is -2.39. The maximum absolute atomic E-state index is 11.3. The molecule has 106 valence electrons. The van der Waals surface area contributed by atoms with E-state index in [4.69, 9.17) is 0 Å². The van der Waals surface area contributed by atoms with Crippen LogP contribution in [0.2, 0.25) is 0 Å². The maximum Gasteiger partial charge on any atom is 0.0927 e. The predicted molar refractivity (Wildman–Crippen MR) is 81.3 cm³/mol. The molecule has 0 spiro atoms. The van der Waals surface area contributed by atoms with Crippen LogP contribution < -0.4 is 0 Å². The zero-order valence-electron chi connectivity index (χ0n) is 12.9. The smallest absolute Gasteiger partial charge is 0.0927 e. The van der Waals surface area contributed by atoms with Crippen molar-refractivity contribution in [3.8, 4) is 0 Å². The lowest BCUT2D eigenvalue weighted by atomic mass is 9.67. The first-order chi connectivity index (χ1) is 8.89. The molecule has 19 heavy (non-hydrogen) atoms. The van der Waals surface area contributed by atoms with Crippen LogP contribution in [0.5, 0.6) is 0 Å². The molecule has 0 aliphatic heterocycles. The Kier molecular flexibility index (Phi) is 4.06. The van der Waals surface area contributed by atoms with Crippen molar-refractivity contribution in [3.63, 3.8) is 0 Å². The monoisotopic (exact) mass is 260 g/mol. The average molecular weight is 260 g/mol. The second-order valence-electron chi connectivity index (χ2n) is 7.07. The number of rotatable bonds is 2. The van der Waals surface area contributed by atoms with E-state index in [-0.39, 0.29) is 5.41 Å². The second-order valence-corrected chi connectivity index (χ2v) is 7.07. The first kappa shape index (κ1) is 14.6. The summed E-state index contributed by atoms with van der Waals surface area (Å²) in [6, 6.07) is 8.50. The zero-order chi connectivity index (χ0) is 14.1. The SMILES string of the molecule is CC[C@H]1CCCC[C@]1(O)c1ccccc1C(C)(C)C. The summed E-state index contributed by atoms with van der Waals surface area (Å²) in [6.45, 7) is 8.91. The fourth-order valence-corrected chi connectivity index (χ4v) is 3.64. The first-order valence-electron chi connectivity index (χ1n) is 7.72. The number of benzene rings is 1. The largest absolute Gasteiger partial charge is 0.385 e. The number of hydrogen-bond acceptors (Lipinski definition) is 1. The molecular formula is C18H28O. The van der Waals surface area contributed by atoms with Gasteiger partial charge in [0, 0.05) is 0 Å². The summed E-state index contributed by atoms with van der Waals surface area (Å²) in [6.07, 6.45) is 5.54. The van der Waals surface area contributed by atoms with E-state index in [9.17, 15) is 5.11 Å². The Morgan fingerprint density at radius 3 is 2.53 bits per heavy atom. The van der Waals surface area contributed by atoms with Crippen molar-refractivity contribution < 1.29 is 5.11 Å². The fraction of sp³-hybridized carbons (Fsp3) is 0.667. The molecule has 1 fully saturated rings. The molecule has 0 radical (unpaired) electrons. The number of aliphatic hydroxyl groups is 1. The van der Waals surface area contributed by atoms with Crippen molar-refractivity contribution in [1.29, 1.82) is 0 Å². The minimum atomic E-state index is -0.614. The van der Waals surface area contributed by atoms with Gasteiger partial charge in [-0.05, 0) is 35.3 Å². The van der Waals surface area contributed by atoms with E-state index in [1.807, 2.05) is 0 Å². The quantitative estimate of drug-likeness (QED) is 0.812. The summed E-state index contributed by atoms with van der Waals surface area (Å²) in [7, 11) is 0. The number of hydrogen-bond donors (Lipinski definition) is 1. The van der Waals surface area contributed by atoms with Crippen molar-refractivity contribution in [2.24, 2.45) is 5.92 Å². The molecule has 1 aromatic rings. The van der Waals surface area contributed by atoms with E-state index in [0.29, 0.717) is 5.92 Å². The molecule has 1 nitrogen and oxygen atoms in total. The third-order valence-electron chi connectivity index (χ3n) is 4.73. The zero-order valence-corrected chi connectivity index (χ0v) is 12.9. The minimum Gasteiger partial charge on any atom is -0.385 e. The molecule has 0 amide bonds. The molecule has 0 aromatic heterocycles.